The van der Waals surface area contributed by atoms with E-state index in [-0.39, 0.29) is 9.96 Å². The van der Waals surface area contributed by atoms with Gasteiger partial charge in [0.1, 0.15) is 0 Å². The molecule has 6 nitrogen and oxygen atoms in total. The van der Waals surface area contributed by atoms with Gasteiger partial charge in [-0.3, -0.25) is 14.9 Å². The summed E-state index contributed by atoms with van der Waals surface area (Å²) in [6.07, 6.45) is 3.10. The second-order valence-corrected chi connectivity index (χ2v) is 13.2. The molecule has 0 aromatic heterocycles. The quantitative estimate of drug-likeness (QED) is 0.212. The lowest BCUT2D eigenvalue weighted by molar-refractivity contribution is -0.581. The van der Waals surface area contributed by atoms with Crippen molar-refractivity contribution in [1.29, 1.82) is 0 Å². The molecule has 0 aliphatic heterocycles. The van der Waals surface area contributed by atoms with Gasteiger partial charge in [0.2, 0.25) is 0 Å². The smallest absolute Gasteiger partial charge is 0.303 e. The fourth-order valence-corrected chi connectivity index (χ4v) is 4.15. The second-order valence-electron chi connectivity index (χ2n) is 8.42. The third kappa shape index (κ3) is 5.02. The van der Waals surface area contributed by atoms with Crippen LogP contribution in [0.15, 0.2) is 0 Å². The summed E-state index contributed by atoms with van der Waals surface area (Å²) < 4.78 is 11.5. The maximum atomic E-state index is 11.7. The molecule has 1 rings (SSSR count). The highest BCUT2D eigenvalue weighted by Crippen LogP contribution is 2.39. The summed E-state index contributed by atoms with van der Waals surface area (Å²) in [5.74, 6) is -0.446. The molecule has 0 aromatic carbocycles. The average Bonchev–Trinajstić information content (AvgIpc) is 2.91. The van der Waals surface area contributed by atoms with Gasteiger partial charge >= 0.3 is 5.97 Å². The molecule has 1 aliphatic rings. The summed E-state index contributed by atoms with van der Waals surface area (Å²) in [5.41, 5.74) is -1.11. The first kappa shape index (κ1) is 21.1. The molecule has 1 saturated carbocycles. The SMILES string of the molecule is CC(=O)OC(CCCO[Si](C)(C)C(C)(C)C)C1([N+](=O)[O-])CCCC1. The maximum Gasteiger partial charge on any atom is 0.303 e. The molecular formula is C17H33NO5Si. The van der Waals surface area contributed by atoms with Crippen LogP contribution in [0.1, 0.15) is 66.2 Å². The standard InChI is InChI=1S/C17H33NO5Si/c1-14(19)23-15(17(18(20)21)11-7-8-12-17)10-9-13-22-24(5,6)16(2,3)4/h15H,7-13H2,1-6H3. The van der Waals surface area contributed by atoms with Gasteiger partial charge in [0, 0.05) is 31.3 Å². The Hall–Kier alpha value is -0.953. The van der Waals surface area contributed by atoms with E-state index in [1.807, 2.05) is 0 Å². The van der Waals surface area contributed by atoms with Gasteiger partial charge < -0.3 is 9.16 Å². The molecule has 1 fully saturated rings. The molecule has 1 aliphatic carbocycles. The van der Waals surface area contributed by atoms with Crippen LogP contribution in [0.25, 0.3) is 0 Å². The summed E-state index contributed by atoms with van der Waals surface area (Å²) in [4.78, 5) is 22.9. The molecule has 24 heavy (non-hydrogen) atoms. The summed E-state index contributed by atoms with van der Waals surface area (Å²) in [5, 5.41) is 11.8. The molecule has 0 heterocycles. The number of rotatable bonds is 8. The lowest BCUT2D eigenvalue weighted by Crippen LogP contribution is -2.49. The Balaban J connectivity index is 2.68. The zero-order chi connectivity index (χ0) is 18.6. The van der Waals surface area contributed by atoms with Crippen LogP contribution >= 0.6 is 0 Å². The number of esters is 1. The van der Waals surface area contributed by atoms with Gasteiger partial charge in [0.25, 0.3) is 5.54 Å². The Labute approximate surface area is 146 Å². The summed E-state index contributed by atoms with van der Waals surface area (Å²) in [6, 6.07) is 0. The number of nitro groups is 1. The minimum absolute atomic E-state index is 0.135. The number of carbonyl (C=O) groups excluding carboxylic acids is 1. The minimum Gasteiger partial charge on any atom is -0.455 e. The zero-order valence-electron chi connectivity index (χ0n) is 16.0. The molecule has 0 amide bonds. The van der Waals surface area contributed by atoms with E-state index in [0.29, 0.717) is 32.3 Å². The van der Waals surface area contributed by atoms with Gasteiger partial charge in [-0.2, -0.15) is 0 Å². The van der Waals surface area contributed by atoms with E-state index in [1.165, 1.54) is 6.92 Å². The predicted octanol–water partition coefficient (Wildman–Crippen LogP) is 4.31. The van der Waals surface area contributed by atoms with Crippen molar-refractivity contribution in [3.8, 4) is 0 Å². The van der Waals surface area contributed by atoms with E-state index in [0.717, 1.165) is 12.8 Å². The van der Waals surface area contributed by atoms with Crippen molar-refractivity contribution in [2.75, 3.05) is 6.61 Å². The van der Waals surface area contributed by atoms with E-state index in [9.17, 15) is 14.9 Å². The van der Waals surface area contributed by atoms with Gasteiger partial charge in [0.05, 0.1) is 0 Å². The first-order valence-corrected chi connectivity index (χ1v) is 11.8. The Morgan fingerprint density at radius 2 is 1.83 bits per heavy atom. The number of ether oxygens (including phenoxy) is 1. The number of carbonyl (C=O) groups is 1. The van der Waals surface area contributed by atoms with Crippen LogP contribution in [-0.4, -0.2) is 37.5 Å². The average molecular weight is 360 g/mol. The minimum atomic E-state index is -1.82. The molecule has 1 unspecified atom stereocenters. The third-order valence-electron chi connectivity index (χ3n) is 5.62. The number of hydrogen-bond acceptors (Lipinski definition) is 5. The lowest BCUT2D eigenvalue weighted by Gasteiger charge is -2.36. The number of hydrogen-bond donors (Lipinski definition) is 0. The van der Waals surface area contributed by atoms with Crippen molar-refractivity contribution in [3.05, 3.63) is 10.1 Å². The molecule has 0 bridgehead atoms. The van der Waals surface area contributed by atoms with Crippen molar-refractivity contribution >= 4 is 14.3 Å². The molecular weight excluding hydrogens is 326 g/mol. The molecule has 0 N–H and O–H groups in total. The highest BCUT2D eigenvalue weighted by molar-refractivity contribution is 6.74. The van der Waals surface area contributed by atoms with Crippen LogP contribution in [0.5, 0.6) is 0 Å². The largest absolute Gasteiger partial charge is 0.455 e. The van der Waals surface area contributed by atoms with E-state index >= 15 is 0 Å². The van der Waals surface area contributed by atoms with Crippen LogP contribution in [0.2, 0.25) is 18.1 Å². The van der Waals surface area contributed by atoms with Crippen molar-refractivity contribution in [1.82, 2.24) is 0 Å². The maximum absolute atomic E-state index is 11.7. The molecule has 0 saturated heterocycles. The molecule has 1 atom stereocenters. The third-order valence-corrected chi connectivity index (χ3v) is 10.2. The molecule has 0 spiro atoms. The first-order chi connectivity index (χ1) is 10.9. The Morgan fingerprint density at radius 1 is 1.29 bits per heavy atom. The van der Waals surface area contributed by atoms with Crippen molar-refractivity contribution in [2.24, 2.45) is 0 Å². The van der Waals surface area contributed by atoms with Crippen LogP contribution in [-0.2, 0) is 14.0 Å². The highest BCUT2D eigenvalue weighted by atomic mass is 28.4. The molecule has 7 heteroatoms. The van der Waals surface area contributed by atoms with E-state index < -0.39 is 25.9 Å². The molecule has 0 radical (unpaired) electrons. The molecule has 140 valence electrons. The second kappa shape index (κ2) is 7.95. The van der Waals surface area contributed by atoms with Crippen molar-refractivity contribution < 1.29 is 18.9 Å². The van der Waals surface area contributed by atoms with Gasteiger partial charge in [-0.15, -0.1) is 0 Å². The van der Waals surface area contributed by atoms with Crippen LogP contribution in [0.3, 0.4) is 0 Å². The van der Waals surface area contributed by atoms with Gasteiger partial charge in [-0.1, -0.05) is 20.8 Å². The Kier molecular flexibility index (Phi) is 6.99. The van der Waals surface area contributed by atoms with Crippen molar-refractivity contribution in [2.45, 2.75) is 96.0 Å². The summed E-state index contributed by atoms with van der Waals surface area (Å²) >= 11 is 0. The van der Waals surface area contributed by atoms with E-state index in [4.69, 9.17) is 9.16 Å². The van der Waals surface area contributed by atoms with Crippen LogP contribution < -0.4 is 0 Å². The Bertz CT molecular complexity index is 452. The van der Waals surface area contributed by atoms with E-state index in [1.54, 1.807) is 0 Å². The zero-order valence-corrected chi connectivity index (χ0v) is 17.0. The first-order valence-electron chi connectivity index (χ1n) is 8.88. The molecule has 0 aromatic rings. The number of nitrogens with zero attached hydrogens (tertiary/aromatic N) is 1. The van der Waals surface area contributed by atoms with Gasteiger partial charge in [0.15, 0.2) is 14.4 Å². The highest BCUT2D eigenvalue weighted by Gasteiger charge is 2.54. The fourth-order valence-electron chi connectivity index (χ4n) is 3.06. The topological polar surface area (TPSA) is 78.7 Å². The Morgan fingerprint density at radius 3 is 2.25 bits per heavy atom. The van der Waals surface area contributed by atoms with Crippen LogP contribution in [0, 0.1) is 10.1 Å². The normalized spacial score (nSPS) is 19.1. The fraction of sp³-hybridized carbons (Fsp3) is 0.941. The van der Waals surface area contributed by atoms with Crippen LogP contribution in [0.4, 0.5) is 0 Å². The van der Waals surface area contributed by atoms with Gasteiger partial charge in [-0.05, 0) is 43.8 Å². The predicted molar refractivity (Wildman–Crippen MR) is 96.1 cm³/mol. The monoisotopic (exact) mass is 359 g/mol. The lowest BCUT2D eigenvalue weighted by atomic mass is 9.88. The van der Waals surface area contributed by atoms with E-state index in [2.05, 4.69) is 33.9 Å². The van der Waals surface area contributed by atoms with Crippen molar-refractivity contribution in [3.63, 3.8) is 0 Å². The summed E-state index contributed by atoms with van der Waals surface area (Å²) in [7, 11) is -1.82. The van der Waals surface area contributed by atoms with Gasteiger partial charge in [-0.25, -0.2) is 0 Å². The summed E-state index contributed by atoms with van der Waals surface area (Å²) in [6.45, 7) is 12.8.